The van der Waals surface area contributed by atoms with E-state index in [4.69, 9.17) is 27.9 Å². The monoisotopic (exact) mass is 324 g/mol. The van der Waals surface area contributed by atoms with Crippen LogP contribution in [0.1, 0.15) is 10.4 Å². The Bertz CT molecular complexity index is 663. The molecular formula is C14H10Cl2N2O3. The van der Waals surface area contributed by atoms with Crippen LogP contribution < -0.4 is 5.32 Å². The van der Waals surface area contributed by atoms with Gasteiger partial charge in [0.1, 0.15) is 0 Å². The zero-order valence-electron chi connectivity index (χ0n) is 10.7. The van der Waals surface area contributed by atoms with Gasteiger partial charge >= 0.3 is 5.97 Å². The Balaban J connectivity index is 1.87. The topological polar surface area (TPSA) is 68.3 Å². The van der Waals surface area contributed by atoms with Crippen molar-refractivity contribution in [3.05, 3.63) is 58.3 Å². The fourth-order valence-corrected chi connectivity index (χ4v) is 1.77. The van der Waals surface area contributed by atoms with Gasteiger partial charge in [-0.05, 0) is 30.3 Å². The number of carbonyl (C=O) groups excluding carboxylic acids is 2. The number of pyridine rings is 1. The third-order valence-corrected chi connectivity index (χ3v) is 3.19. The number of rotatable bonds is 4. The van der Waals surface area contributed by atoms with Gasteiger partial charge in [-0.2, -0.15) is 0 Å². The van der Waals surface area contributed by atoms with E-state index in [-0.39, 0.29) is 0 Å². The molecule has 108 valence electrons. The van der Waals surface area contributed by atoms with E-state index in [1.807, 2.05) is 0 Å². The predicted molar refractivity (Wildman–Crippen MR) is 79.6 cm³/mol. The number of carbonyl (C=O) groups is 2. The van der Waals surface area contributed by atoms with Crippen LogP contribution in [0.4, 0.5) is 5.69 Å². The summed E-state index contributed by atoms with van der Waals surface area (Å²) >= 11 is 11.6. The number of anilines is 1. The van der Waals surface area contributed by atoms with Crippen molar-refractivity contribution in [2.45, 2.75) is 0 Å². The highest BCUT2D eigenvalue weighted by Gasteiger charge is 2.10. The zero-order chi connectivity index (χ0) is 15.2. The molecule has 0 bridgehead atoms. The third-order valence-electron chi connectivity index (χ3n) is 2.45. The number of hydrogen-bond donors (Lipinski definition) is 1. The first-order valence-corrected chi connectivity index (χ1v) is 6.64. The molecule has 0 saturated heterocycles. The molecule has 0 aliphatic heterocycles. The summed E-state index contributed by atoms with van der Waals surface area (Å²) in [6.07, 6.45) is 2.93. The first kappa shape index (κ1) is 15.3. The summed E-state index contributed by atoms with van der Waals surface area (Å²) < 4.78 is 4.88. The summed E-state index contributed by atoms with van der Waals surface area (Å²) in [5.41, 5.74) is 0.793. The number of hydrogen-bond acceptors (Lipinski definition) is 4. The molecule has 0 radical (unpaired) electrons. The SMILES string of the molecule is O=C(COC(=O)c1ccncc1)Nc1ccc(Cl)c(Cl)c1. The van der Waals surface area contributed by atoms with Crippen molar-refractivity contribution in [1.29, 1.82) is 0 Å². The summed E-state index contributed by atoms with van der Waals surface area (Å²) in [6, 6.07) is 7.66. The Morgan fingerprint density at radius 2 is 1.81 bits per heavy atom. The second-order valence-corrected chi connectivity index (χ2v) is 4.80. The van der Waals surface area contributed by atoms with Gasteiger partial charge in [-0.1, -0.05) is 23.2 Å². The van der Waals surface area contributed by atoms with Gasteiger partial charge in [-0.25, -0.2) is 4.79 Å². The van der Waals surface area contributed by atoms with E-state index in [0.29, 0.717) is 21.3 Å². The summed E-state index contributed by atoms with van der Waals surface area (Å²) in [5.74, 6) is -1.07. The second-order valence-electron chi connectivity index (χ2n) is 3.99. The van der Waals surface area contributed by atoms with Crippen LogP contribution in [-0.4, -0.2) is 23.5 Å². The minimum absolute atomic E-state index is 0.322. The molecule has 2 rings (SSSR count). The lowest BCUT2D eigenvalue weighted by Gasteiger charge is -2.07. The van der Waals surface area contributed by atoms with Gasteiger partial charge in [-0.3, -0.25) is 9.78 Å². The Labute approximate surface area is 130 Å². The van der Waals surface area contributed by atoms with Crippen molar-refractivity contribution >= 4 is 40.8 Å². The molecule has 1 aromatic carbocycles. The van der Waals surface area contributed by atoms with E-state index in [2.05, 4.69) is 10.3 Å². The lowest BCUT2D eigenvalue weighted by molar-refractivity contribution is -0.119. The Kier molecular flexibility index (Phi) is 5.14. The smallest absolute Gasteiger partial charge is 0.338 e. The molecule has 1 N–H and O–H groups in total. The van der Waals surface area contributed by atoms with Crippen molar-refractivity contribution in [3.63, 3.8) is 0 Å². The predicted octanol–water partition coefficient (Wildman–Crippen LogP) is 3.18. The van der Waals surface area contributed by atoms with Gasteiger partial charge in [0.25, 0.3) is 5.91 Å². The van der Waals surface area contributed by atoms with E-state index in [1.54, 1.807) is 12.1 Å². The molecule has 0 aliphatic rings. The molecule has 0 aliphatic carbocycles. The molecule has 0 fully saturated rings. The molecule has 1 amide bonds. The number of esters is 1. The van der Waals surface area contributed by atoms with Crippen molar-refractivity contribution in [2.24, 2.45) is 0 Å². The van der Waals surface area contributed by atoms with Crippen molar-refractivity contribution in [1.82, 2.24) is 4.98 Å². The van der Waals surface area contributed by atoms with Crippen LogP contribution in [0.15, 0.2) is 42.7 Å². The van der Waals surface area contributed by atoms with E-state index in [1.165, 1.54) is 30.6 Å². The zero-order valence-corrected chi connectivity index (χ0v) is 12.2. The Morgan fingerprint density at radius 1 is 1.10 bits per heavy atom. The number of ether oxygens (including phenoxy) is 1. The average molecular weight is 325 g/mol. The average Bonchev–Trinajstić information content (AvgIpc) is 2.49. The first-order valence-electron chi connectivity index (χ1n) is 5.88. The minimum Gasteiger partial charge on any atom is -0.452 e. The molecule has 0 atom stereocenters. The molecule has 1 heterocycles. The van der Waals surface area contributed by atoms with Crippen molar-refractivity contribution in [3.8, 4) is 0 Å². The van der Waals surface area contributed by atoms with E-state index in [0.717, 1.165) is 0 Å². The molecule has 21 heavy (non-hydrogen) atoms. The van der Waals surface area contributed by atoms with Gasteiger partial charge < -0.3 is 10.1 Å². The molecule has 2 aromatic rings. The van der Waals surface area contributed by atoms with Crippen LogP contribution in [0.3, 0.4) is 0 Å². The van der Waals surface area contributed by atoms with Crippen molar-refractivity contribution in [2.75, 3.05) is 11.9 Å². The molecule has 0 saturated carbocycles. The van der Waals surface area contributed by atoms with Crippen LogP contribution in [0.25, 0.3) is 0 Å². The Hall–Kier alpha value is -2.11. The maximum atomic E-state index is 11.7. The van der Waals surface area contributed by atoms with Gasteiger partial charge in [0.2, 0.25) is 0 Å². The van der Waals surface area contributed by atoms with Crippen LogP contribution in [0.5, 0.6) is 0 Å². The number of amides is 1. The molecule has 1 aromatic heterocycles. The van der Waals surface area contributed by atoms with Gasteiger partial charge in [0.05, 0.1) is 15.6 Å². The normalized spacial score (nSPS) is 10.0. The van der Waals surface area contributed by atoms with E-state index in [9.17, 15) is 9.59 Å². The highest BCUT2D eigenvalue weighted by Crippen LogP contribution is 2.24. The summed E-state index contributed by atoms with van der Waals surface area (Å²) in [6.45, 7) is -0.401. The lowest BCUT2D eigenvalue weighted by Crippen LogP contribution is -2.20. The summed E-state index contributed by atoms with van der Waals surface area (Å²) in [5, 5.41) is 3.26. The number of benzene rings is 1. The number of nitrogens with one attached hydrogen (secondary N) is 1. The van der Waals surface area contributed by atoms with Gasteiger partial charge in [-0.15, -0.1) is 0 Å². The molecule has 0 unspecified atom stereocenters. The van der Waals surface area contributed by atoms with Crippen LogP contribution in [0, 0.1) is 0 Å². The Morgan fingerprint density at radius 3 is 2.48 bits per heavy atom. The van der Waals surface area contributed by atoms with Crippen LogP contribution in [-0.2, 0) is 9.53 Å². The minimum atomic E-state index is -0.596. The molecular weight excluding hydrogens is 315 g/mol. The third kappa shape index (κ3) is 4.44. The lowest BCUT2D eigenvalue weighted by atomic mass is 10.3. The second kappa shape index (κ2) is 7.06. The van der Waals surface area contributed by atoms with Gasteiger partial charge in [0, 0.05) is 18.1 Å². The summed E-state index contributed by atoms with van der Waals surface area (Å²) in [4.78, 5) is 27.1. The van der Waals surface area contributed by atoms with Crippen molar-refractivity contribution < 1.29 is 14.3 Å². The number of nitrogens with zero attached hydrogens (tertiary/aromatic N) is 1. The highest BCUT2D eigenvalue weighted by atomic mass is 35.5. The number of halogens is 2. The molecule has 7 heteroatoms. The standard InChI is InChI=1S/C14H10Cl2N2O3/c15-11-2-1-10(7-12(11)16)18-13(19)8-21-14(20)9-3-5-17-6-4-9/h1-7H,8H2,(H,18,19). The fourth-order valence-electron chi connectivity index (χ4n) is 1.47. The molecule has 5 nitrogen and oxygen atoms in total. The largest absolute Gasteiger partial charge is 0.452 e. The molecule has 0 spiro atoms. The quantitative estimate of drug-likeness (QED) is 0.877. The van der Waals surface area contributed by atoms with Gasteiger partial charge in [0.15, 0.2) is 6.61 Å². The first-order chi connectivity index (χ1) is 10.1. The van der Waals surface area contributed by atoms with Crippen LogP contribution >= 0.6 is 23.2 Å². The fraction of sp³-hybridized carbons (Fsp3) is 0.0714. The van der Waals surface area contributed by atoms with Crippen LogP contribution in [0.2, 0.25) is 10.0 Å². The highest BCUT2D eigenvalue weighted by molar-refractivity contribution is 6.42. The maximum Gasteiger partial charge on any atom is 0.338 e. The number of aromatic nitrogens is 1. The van der Waals surface area contributed by atoms with E-state index < -0.39 is 18.5 Å². The summed E-state index contributed by atoms with van der Waals surface area (Å²) in [7, 11) is 0. The van der Waals surface area contributed by atoms with E-state index >= 15 is 0 Å². The maximum absolute atomic E-state index is 11.7.